The first kappa shape index (κ1) is 22.2. The number of ether oxygens (including phenoxy) is 1. The first-order valence-corrected chi connectivity index (χ1v) is 10.4. The van der Waals surface area contributed by atoms with Crippen LogP contribution >= 0.6 is 0 Å². The number of rotatable bonds is 6. The lowest BCUT2D eigenvalue weighted by atomic mass is 9.96. The molecule has 2 aromatic rings. The molecule has 8 nitrogen and oxygen atoms in total. The van der Waals surface area contributed by atoms with E-state index in [-0.39, 0.29) is 34.6 Å². The first-order chi connectivity index (χ1) is 14.5. The number of sulfonamides is 1. The molecule has 162 valence electrons. The van der Waals surface area contributed by atoms with Crippen LogP contribution in [-0.2, 0) is 26.0 Å². The van der Waals surface area contributed by atoms with Crippen molar-refractivity contribution in [1.29, 1.82) is 5.26 Å². The summed E-state index contributed by atoms with van der Waals surface area (Å²) < 4.78 is 61.1. The van der Waals surface area contributed by atoms with Gasteiger partial charge in [-0.15, -0.1) is 0 Å². The molecule has 0 aromatic heterocycles. The molecule has 0 bridgehead atoms. The summed E-state index contributed by atoms with van der Waals surface area (Å²) in [5, 5.41) is 18.1. The van der Waals surface area contributed by atoms with Gasteiger partial charge in [0.2, 0.25) is 5.91 Å². The molecule has 11 heteroatoms. The van der Waals surface area contributed by atoms with Crippen molar-refractivity contribution in [2.75, 3.05) is 0 Å². The van der Waals surface area contributed by atoms with Crippen molar-refractivity contribution in [1.82, 2.24) is 4.72 Å². The Hall–Kier alpha value is -3.52. The van der Waals surface area contributed by atoms with Crippen LogP contribution in [-0.4, -0.2) is 31.6 Å². The quantitative estimate of drug-likeness (QED) is 0.691. The largest absolute Gasteiger partial charge is 0.481 e. The van der Waals surface area contributed by atoms with Gasteiger partial charge in [-0.25, -0.2) is 21.9 Å². The van der Waals surface area contributed by atoms with Gasteiger partial charge in [-0.1, -0.05) is 0 Å². The average Bonchev–Trinajstić information content (AvgIpc) is 2.96. The van der Waals surface area contributed by atoms with E-state index < -0.39 is 51.1 Å². The zero-order chi connectivity index (χ0) is 22.9. The second-order valence-corrected chi connectivity index (χ2v) is 8.58. The molecule has 1 amide bonds. The van der Waals surface area contributed by atoms with Crippen LogP contribution in [0.1, 0.15) is 36.0 Å². The van der Waals surface area contributed by atoms with Crippen molar-refractivity contribution in [3.63, 3.8) is 0 Å². The van der Waals surface area contributed by atoms with Crippen molar-refractivity contribution in [2.24, 2.45) is 0 Å². The number of hydrogen-bond acceptors (Lipinski definition) is 6. The fourth-order valence-electron chi connectivity index (χ4n) is 3.56. The Bertz CT molecular complexity index is 1220. The van der Waals surface area contributed by atoms with E-state index in [2.05, 4.69) is 0 Å². The molecule has 0 spiro atoms. The number of aliphatic carboxylic acids is 1. The van der Waals surface area contributed by atoms with Gasteiger partial charge in [0, 0.05) is 30.9 Å². The van der Waals surface area contributed by atoms with E-state index in [4.69, 9.17) is 15.1 Å². The predicted octanol–water partition coefficient (Wildman–Crippen LogP) is 2.77. The van der Waals surface area contributed by atoms with Gasteiger partial charge in [0.25, 0.3) is 10.0 Å². The van der Waals surface area contributed by atoms with E-state index in [9.17, 15) is 26.8 Å². The number of carbonyl (C=O) groups is 2. The number of benzene rings is 2. The molecule has 0 radical (unpaired) electrons. The molecule has 2 N–H and O–H groups in total. The van der Waals surface area contributed by atoms with E-state index in [1.807, 2.05) is 0 Å². The number of nitrogens with one attached hydrogen (secondary N) is 1. The van der Waals surface area contributed by atoms with E-state index in [1.54, 1.807) is 10.8 Å². The predicted molar refractivity (Wildman–Crippen MR) is 102 cm³/mol. The normalized spacial score (nSPS) is 17.5. The monoisotopic (exact) mass is 450 g/mol. The Labute approximate surface area is 176 Å². The highest BCUT2D eigenvalue weighted by Gasteiger charge is 2.41. The third kappa shape index (κ3) is 4.64. The zero-order valence-electron chi connectivity index (χ0n) is 16.1. The minimum atomic E-state index is -4.40. The van der Waals surface area contributed by atoms with Gasteiger partial charge in [0.05, 0.1) is 22.9 Å². The van der Waals surface area contributed by atoms with Crippen molar-refractivity contribution < 1.29 is 36.6 Å². The third-order valence-corrected chi connectivity index (χ3v) is 6.16. The molecule has 0 unspecified atom stereocenters. The highest BCUT2D eigenvalue weighted by Crippen LogP contribution is 2.46. The number of hydrogen-bond donors (Lipinski definition) is 2. The lowest BCUT2D eigenvalue weighted by Gasteiger charge is -2.18. The number of alkyl halides is 1. The van der Waals surface area contributed by atoms with E-state index >= 15 is 0 Å². The molecule has 0 aliphatic heterocycles. The fourth-order valence-corrected chi connectivity index (χ4v) is 4.86. The number of halogens is 2. The summed E-state index contributed by atoms with van der Waals surface area (Å²) in [4.78, 5) is 22.1. The van der Waals surface area contributed by atoms with Crippen LogP contribution in [0.25, 0.3) is 0 Å². The molecule has 2 aromatic carbocycles. The Morgan fingerprint density at radius 3 is 2.65 bits per heavy atom. The van der Waals surface area contributed by atoms with Gasteiger partial charge in [-0.3, -0.25) is 9.59 Å². The molecular weight excluding hydrogens is 434 g/mol. The van der Waals surface area contributed by atoms with Crippen molar-refractivity contribution in [2.45, 2.75) is 36.8 Å². The van der Waals surface area contributed by atoms with Gasteiger partial charge in [0.15, 0.2) is 0 Å². The van der Waals surface area contributed by atoms with E-state index in [0.29, 0.717) is 0 Å². The minimum Gasteiger partial charge on any atom is -0.481 e. The summed E-state index contributed by atoms with van der Waals surface area (Å²) in [6, 6.07) is 7.26. The minimum absolute atomic E-state index is 0.0122. The van der Waals surface area contributed by atoms with Gasteiger partial charge in [-0.2, -0.15) is 5.26 Å². The molecule has 1 aliphatic rings. The number of nitrogens with zero attached hydrogens (tertiary/aromatic N) is 1. The number of carbonyl (C=O) groups excluding carboxylic acids is 1. The van der Waals surface area contributed by atoms with Crippen LogP contribution in [0.4, 0.5) is 8.78 Å². The molecule has 31 heavy (non-hydrogen) atoms. The highest BCUT2D eigenvalue weighted by molar-refractivity contribution is 7.90. The fraction of sp³-hybridized carbons (Fsp3) is 0.250. The van der Waals surface area contributed by atoms with Crippen LogP contribution in [0.2, 0.25) is 0 Å². The molecule has 2 atom stereocenters. The van der Waals surface area contributed by atoms with Gasteiger partial charge < -0.3 is 9.84 Å². The summed E-state index contributed by atoms with van der Waals surface area (Å²) in [6.45, 7) is 0.985. The summed E-state index contributed by atoms with van der Waals surface area (Å²) in [5.41, 5.74) is -0.0466. The lowest BCUT2D eigenvalue weighted by Crippen LogP contribution is -2.29. The van der Waals surface area contributed by atoms with Gasteiger partial charge >= 0.3 is 5.97 Å². The standard InChI is InChI=1S/C20H16F2N2O6S/c1-10(25)24-31(28,29)18-3-2-17(30-13-5-11(9-23)4-12(21)6-13)15-7-16(22)14(20(15)18)8-19(26)27/h2-6,14,16H,7-8H2,1H3,(H,24,25)(H,26,27)/t14-,16-/m1/s1. The summed E-state index contributed by atoms with van der Waals surface area (Å²) in [7, 11) is -4.40. The Kier molecular flexibility index (Phi) is 5.94. The van der Waals surface area contributed by atoms with Crippen molar-refractivity contribution >= 4 is 21.9 Å². The molecule has 3 rings (SSSR count). The number of fused-ring (bicyclic) bond motifs is 1. The summed E-state index contributed by atoms with van der Waals surface area (Å²) in [5.74, 6) is -4.34. The summed E-state index contributed by atoms with van der Waals surface area (Å²) >= 11 is 0. The Morgan fingerprint density at radius 1 is 1.32 bits per heavy atom. The van der Waals surface area contributed by atoms with E-state index in [1.165, 1.54) is 12.1 Å². The smallest absolute Gasteiger partial charge is 0.304 e. The topological polar surface area (TPSA) is 134 Å². The van der Waals surface area contributed by atoms with Gasteiger partial charge in [-0.05, 0) is 29.8 Å². The van der Waals surface area contributed by atoms with Crippen molar-refractivity contribution in [3.8, 4) is 17.6 Å². The number of carboxylic acid groups (broad SMARTS) is 1. The maximum Gasteiger partial charge on any atom is 0.304 e. The van der Waals surface area contributed by atoms with Gasteiger partial charge in [0.1, 0.15) is 23.5 Å². The maximum absolute atomic E-state index is 14.8. The SMILES string of the molecule is CC(=O)NS(=O)(=O)c1ccc(Oc2cc(F)cc(C#N)c2)c2c1[C@H](CC(=O)O)[C@H](F)C2. The molecule has 0 saturated carbocycles. The van der Waals surface area contributed by atoms with Crippen molar-refractivity contribution in [3.05, 3.63) is 52.8 Å². The lowest BCUT2D eigenvalue weighted by molar-refractivity contribution is -0.137. The molecule has 0 saturated heterocycles. The number of amides is 1. The first-order valence-electron chi connectivity index (χ1n) is 8.95. The molecule has 1 aliphatic carbocycles. The van der Waals surface area contributed by atoms with Crippen LogP contribution in [0, 0.1) is 17.1 Å². The number of nitriles is 1. The number of carboxylic acids is 1. The Balaban J connectivity index is 2.16. The third-order valence-electron chi connectivity index (χ3n) is 4.67. The molecular formula is C20H16F2N2O6S. The average molecular weight is 450 g/mol. The maximum atomic E-state index is 14.8. The zero-order valence-corrected chi connectivity index (χ0v) is 16.9. The second-order valence-electron chi connectivity index (χ2n) is 6.93. The second kappa shape index (κ2) is 8.31. The van der Waals surface area contributed by atoms with Crippen LogP contribution < -0.4 is 9.46 Å². The van der Waals surface area contributed by atoms with E-state index in [0.717, 1.165) is 25.1 Å². The van der Waals surface area contributed by atoms with Crippen LogP contribution in [0.3, 0.4) is 0 Å². The van der Waals surface area contributed by atoms with Crippen LogP contribution in [0.15, 0.2) is 35.2 Å². The highest BCUT2D eigenvalue weighted by atomic mass is 32.2. The van der Waals surface area contributed by atoms with Crippen LogP contribution in [0.5, 0.6) is 11.5 Å². The Morgan fingerprint density at radius 2 is 2.03 bits per heavy atom. The summed E-state index contributed by atoms with van der Waals surface area (Å²) in [6.07, 6.45) is -2.74. The molecule has 0 fully saturated rings. The molecule has 0 heterocycles.